The van der Waals surface area contributed by atoms with E-state index >= 15 is 0 Å². The van der Waals surface area contributed by atoms with Gasteiger partial charge in [0.1, 0.15) is 0 Å². The number of halogens is 4. The zero-order valence-corrected chi connectivity index (χ0v) is 16.7. The quantitative estimate of drug-likeness (QED) is 0.681. The summed E-state index contributed by atoms with van der Waals surface area (Å²) < 4.78 is 2.44. The Kier molecular flexibility index (Phi) is 8.36. The Morgan fingerprint density at radius 1 is 1.25 bits per heavy atom. The first-order valence-electron chi connectivity index (χ1n) is 6.63. The lowest BCUT2D eigenvalue weighted by molar-refractivity contribution is 0.163. The fraction of sp³-hybridized carbons (Fsp3) is 0.692. The van der Waals surface area contributed by atoms with Crippen molar-refractivity contribution >= 4 is 68.0 Å². The van der Waals surface area contributed by atoms with Gasteiger partial charge in [0.25, 0.3) is 0 Å². The van der Waals surface area contributed by atoms with Crippen LogP contribution in [0.15, 0.2) is 14.3 Å². The average molecular weight is 467 g/mol. The molecule has 0 radical (unpaired) electrons. The standard InChI is InChI=1S/C13H18Br2N2S.2ClH/c14-10-8-12(18-13(10)15)11(7-9-1-2-9)17-5-3-16-4-6-17;;/h8-9,11,16H,1-7H2;2*1H/t11-;;/m1../s1. The fourth-order valence-electron chi connectivity index (χ4n) is 2.64. The highest BCUT2D eigenvalue weighted by Crippen LogP contribution is 2.44. The van der Waals surface area contributed by atoms with Gasteiger partial charge in [-0.2, -0.15) is 0 Å². The smallest absolute Gasteiger partial charge is 0.0843 e. The molecule has 1 atom stereocenters. The van der Waals surface area contributed by atoms with Crippen molar-refractivity contribution in [3.8, 4) is 0 Å². The molecule has 0 bridgehead atoms. The maximum atomic E-state index is 3.63. The van der Waals surface area contributed by atoms with Crippen LogP contribution >= 0.6 is 68.0 Å². The van der Waals surface area contributed by atoms with Crippen molar-refractivity contribution in [2.75, 3.05) is 26.2 Å². The molecule has 7 heteroatoms. The molecule has 1 N–H and O–H groups in total. The van der Waals surface area contributed by atoms with Crippen molar-refractivity contribution in [1.29, 1.82) is 0 Å². The lowest BCUT2D eigenvalue weighted by Crippen LogP contribution is -2.45. The molecule has 0 aromatic carbocycles. The number of nitrogens with one attached hydrogen (secondary N) is 1. The van der Waals surface area contributed by atoms with Crippen LogP contribution < -0.4 is 5.32 Å². The minimum atomic E-state index is 0. The van der Waals surface area contributed by atoms with Gasteiger partial charge in [0.05, 0.1) is 3.79 Å². The number of thiophene rings is 1. The van der Waals surface area contributed by atoms with E-state index in [4.69, 9.17) is 0 Å². The minimum Gasteiger partial charge on any atom is -0.314 e. The predicted octanol–water partition coefficient (Wildman–Crippen LogP) is 4.86. The van der Waals surface area contributed by atoms with E-state index in [1.807, 2.05) is 11.3 Å². The summed E-state index contributed by atoms with van der Waals surface area (Å²) in [5.74, 6) is 0.976. The Labute approximate surface area is 154 Å². The van der Waals surface area contributed by atoms with Gasteiger partial charge in [0.15, 0.2) is 0 Å². The Morgan fingerprint density at radius 3 is 2.40 bits per heavy atom. The summed E-state index contributed by atoms with van der Waals surface area (Å²) in [6.07, 6.45) is 4.23. The molecular formula is C13H20Br2Cl2N2S. The molecule has 0 spiro atoms. The molecule has 1 aliphatic heterocycles. The maximum absolute atomic E-state index is 3.63. The van der Waals surface area contributed by atoms with Gasteiger partial charge in [0.2, 0.25) is 0 Å². The summed E-state index contributed by atoms with van der Waals surface area (Å²) in [6.45, 7) is 4.64. The number of hydrogen-bond donors (Lipinski definition) is 1. The highest BCUT2D eigenvalue weighted by Gasteiger charge is 2.31. The van der Waals surface area contributed by atoms with Gasteiger partial charge in [-0.15, -0.1) is 36.2 Å². The van der Waals surface area contributed by atoms with Crippen molar-refractivity contribution in [1.82, 2.24) is 10.2 Å². The van der Waals surface area contributed by atoms with Crippen molar-refractivity contribution in [3.05, 3.63) is 19.2 Å². The molecule has 1 saturated carbocycles. The molecule has 0 unspecified atom stereocenters. The second-order valence-electron chi connectivity index (χ2n) is 5.25. The van der Waals surface area contributed by atoms with Crippen molar-refractivity contribution in [3.63, 3.8) is 0 Å². The van der Waals surface area contributed by atoms with Gasteiger partial charge in [-0.1, -0.05) is 12.8 Å². The Balaban J connectivity index is 0.000001000. The van der Waals surface area contributed by atoms with E-state index in [0.29, 0.717) is 6.04 Å². The molecule has 20 heavy (non-hydrogen) atoms. The van der Waals surface area contributed by atoms with Gasteiger partial charge in [-0.25, -0.2) is 0 Å². The predicted molar refractivity (Wildman–Crippen MR) is 98.7 cm³/mol. The molecule has 2 aliphatic rings. The van der Waals surface area contributed by atoms with Gasteiger partial charge < -0.3 is 5.32 Å². The van der Waals surface area contributed by atoms with Crippen LogP contribution in [0.25, 0.3) is 0 Å². The summed E-state index contributed by atoms with van der Waals surface area (Å²) in [4.78, 5) is 4.18. The number of nitrogens with zero attached hydrogens (tertiary/aromatic N) is 1. The zero-order chi connectivity index (χ0) is 12.5. The summed E-state index contributed by atoms with van der Waals surface area (Å²) >= 11 is 9.15. The third kappa shape index (κ3) is 4.83. The average Bonchev–Trinajstić information content (AvgIpc) is 3.14. The van der Waals surface area contributed by atoms with E-state index in [9.17, 15) is 0 Å². The second-order valence-corrected chi connectivity index (χ2v) is 8.51. The van der Waals surface area contributed by atoms with Crippen LogP contribution in [0.3, 0.4) is 0 Å². The minimum absolute atomic E-state index is 0. The third-order valence-electron chi connectivity index (χ3n) is 3.84. The molecule has 1 aliphatic carbocycles. The first-order chi connectivity index (χ1) is 8.74. The molecule has 2 heterocycles. The zero-order valence-electron chi connectivity index (χ0n) is 11.1. The summed E-state index contributed by atoms with van der Waals surface area (Å²) in [5, 5.41) is 3.45. The van der Waals surface area contributed by atoms with Crippen molar-refractivity contribution in [2.45, 2.75) is 25.3 Å². The van der Waals surface area contributed by atoms with Crippen LogP contribution in [0.4, 0.5) is 0 Å². The summed E-state index contributed by atoms with van der Waals surface area (Å²) in [6, 6.07) is 2.94. The summed E-state index contributed by atoms with van der Waals surface area (Å²) in [7, 11) is 0. The van der Waals surface area contributed by atoms with E-state index < -0.39 is 0 Å². The van der Waals surface area contributed by atoms with Crippen LogP contribution in [-0.2, 0) is 0 Å². The number of rotatable bonds is 4. The number of hydrogen-bond acceptors (Lipinski definition) is 3. The Bertz CT molecular complexity index is 401. The topological polar surface area (TPSA) is 15.3 Å². The van der Waals surface area contributed by atoms with Gasteiger partial charge >= 0.3 is 0 Å². The highest BCUT2D eigenvalue weighted by atomic mass is 79.9. The molecule has 1 saturated heterocycles. The van der Waals surface area contributed by atoms with Gasteiger partial charge in [0, 0.05) is 41.6 Å². The van der Waals surface area contributed by atoms with Crippen LogP contribution in [0.5, 0.6) is 0 Å². The molecule has 0 amide bonds. The monoisotopic (exact) mass is 464 g/mol. The van der Waals surface area contributed by atoms with E-state index in [-0.39, 0.29) is 24.8 Å². The first kappa shape index (κ1) is 19.2. The van der Waals surface area contributed by atoms with Crippen LogP contribution in [0.1, 0.15) is 30.2 Å². The molecule has 1 aromatic rings. The van der Waals surface area contributed by atoms with Crippen LogP contribution in [0.2, 0.25) is 0 Å². The Hall–Kier alpha value is 1.16. The van der Waals surface area contributed by atoms with E-state index in [2.05, 4.69) is 48.1 Å². The second kappa shape index (κ2) is 8.70. The Morgan fingerprint density at radius 2 is 1.90 bits per heavy atom. The fourth-order valence-corrected chi connectivity index (χ4v) is 4.87. The van der Waals surface area contributed by atoms with Crippen molar-refractivity contribution < 1.29 is 0 Å². The molecule has 2 nitrogen and oxygen atoms in total. The van der Waals surface area contributed by atoms with Gasteiger partial charge in [-0.3, -0.25) is 4.90 Å². The normalized spacial score (nSPS) is 20.9. The molecular weight excluding hydrogens is 447 g/mol. The maximum Gasteiger partial charge on any atom is 0.0843 e. The number of piperazine rings is 1. The molecule has 3 rings (SSSR count). The first-order valence-corrected chi connectivity index (χ1v) is 9.04. The lowest BCUT2D eigenvalue weighted by Gasteiger charge is -2.34. The molecule has 2 fully saturated rings. The summed E-state index contributed by atoms with van der Waals surface area (Å²) in [5.41, 5.74) is 0. The van der Waals surface area contributed by atoms with Crippen LogP contribution in [-0.4, -0.2) is 31.1 Å². The van der Waals surface area contributed by atoms with Crippen molar-refractivity contribution in [2.24, 2.45) is 5.92 Å². The molecule has 116 valence electrons. The van der Waals surface area contributed by atoms with E-state index in [0.717, 1.165) is 19.0 Å². The van der Waals surface area contributed by atoms with Gasteiger partial charge in [-0.05, 0) is 50.3 Å². The van der Waals surface area contributed by atoms with E-state index in [1.165, 1.54) is 45.5 Å². The highest BCUT2D eigenvalue weighted by molar-refractivity contribution is 9.13. The SMILES string of the molecule is Brc1cc([C@@H](CC2CC2)N2CCNCC2)sc1Br.Cl.Cl. The largest absolute Gasteiger partial charge is 0.314 e. The van der Waals surface area contributed by atoms with E-state index in [1.54, 1.807) is 0 Å². The lowest BCUT2D eigenvalue weighted by atomic mass is 10.1. The molecule has 1 aromatic heterocycles. The van der Waals surface area contributed by atoms with Crippen LogP contribution in [0, 0.1) is 5.92 Å². The third-order valence-corrected chi connectivity index (χ3v) is 7.20.